The molecule has 10 heteroatoms. The van der Waals surface area contributed by atoms with Crippen LogP contribution in [0.5, 0.6) is 11.5 Å². The van der Waals surface area contributed by atoms with Crippen LogP contribution in [0.1, 0.15) is 23.1 Å². The minimum absolute atomic E-state index is 0.0539. The van der Waals surface area contributed by atoms with Crippen molar-refractivity contribution in [1.29, 1.82) is 0 Å². The maximum atomic E-state index is 12.3. The van der Waals surface area contributed by atoms with E-state index < -0.39 is 0 Å². The summed E-state index contributed by atoms with van der Waals surface area (Å²) in [5, 5.41) is 11.1. The molecule has 0 unspecified atom stereocenters. The van der Waals surface area contributed by atoms with E-state index in [4.69, 9.17) is 15.3 Å². The number of nitrogens with one attached hydrogen (secondary N) is 1. The molecule has 1 heterocycles. The minimum Gasteiger partial charge on any atom is -0.497 e. The van der Waals surface area contributed by atoms with Crippen molar-refractivity contribution in [3.8, 4) is 11.5 Å². The van der Waals surface area contributed by atoms with Gasteiger partial charge >= 0.3 is 0 Å². The van der Waals surface area contributed by atoms with E-state index in [0.29, 0.717) is 33.7 Å². The number of rotatable bonds is 9. The monoisotopic (exact) mass is 427 g/mol. The van der Waals surface area contributed by atoms with Gasteiger partial charge in [-0.05, 0) is 31.2 Å². The summed E-state index contributed by atoms with van der Waals surface area (Å²) in [6.45, 7) is 1.56. The van der Waals surface area contributed by atoms with Gasteiger partial charge in [0.05, 0.1) is 18.6 Å². The third-order valence-corrected chi connectivity index (χ3v) is 5.00. The molecule has 0 atom stereocenters. The number of nitrogens with two attached hydrogens (primary N) is 1. The van der Waals surface area contributed by atoms with Crippen molar-refractivity contribution in [3.05, 3.63) is 59.9 Å². The molecule has 3 aromatic rings. The Morgan fingerprint density at radius 2 is 1.90 bits per heavy atom. The van der Waals surface area contributed by atoms with E-state index in [0.717, 1.165) is 11.8 Å². The molecule has 0 radical (unpaired) electrons. The maximum Gasteiger partial charge on any atom is 0.234 e. The highest BCUT2D eigenvalue weighted by atomic mass is 32.2. The van der Waals surface area contributed by atoms with Crippen molar-refractivity contribution < 1.29 is 19.1 Å². The molecule has 0 aliphatic rings. The van der Waals surface area contributed by atoms with Gasteiger partial charge in [-0.15, -0.1) is 10.2 Å². The number of para-hydroxylation sites is 1. The van der Waals surface area contributed by atoms with Gasteiger partial charge in [0.2, 0.25) is 11.1 Å². The van der Waals surface area contributed by atoms with Crippen LogP contribution in [-0.4, -0.2) is 39.4 Å². The average Bonchev–Trinajstić information content (AvgIpc) is 3.10. The van der Waals surface area contributed by atoms with Crippen LogP contribution < -0.4 is 20.6 Å². The first-order chi connectivity index (χ1) is 14.5. The highest BCUT2D eigenvalue weighted by Gasteiger charge is 2.14. The first kappa shape index (κ1) is 21.2. The second-order valence-electron chi connectivity index (χ2n) is 6.18. The number of anilines is 1. The molecule has 0 saturated heterocycles. The van der Waals surface area contributed by atoms with E-state index in [-0.39, 0.29) is 24.1 Å². The predicted molar refractivity (Wildman–Crippen MR) is 113 cm³/mol. The van der Waals surface area contributed by atoms with Crippen molar-refractivity contribution in [2.75, 3.05) is 24.0 Å². The summed E-state index contributed by atoms with van der Waals surface area (Å²) >= 11 is 1.13. The Morgan fingerprint density at radius 1 is 1.13 bits per heavy atom. The van der Waals surface area contributed by atoms with Crippen LogP contribution in [0.3, 0.4) is 0 Å². The fourth-order valence-electron chi connectivity index (χ4n) is 2.56. The quantitative estimate of drug-likeness (QED) is 0.303. The number of benzene rings is 2. The first-order valence-corrected chi connectivity index (χ1v) is 9.95. The fraction of sp³-hybridized carbons (Fsp3) is 0.200. The van der Waals surface area contributed by atoms with Gasteiger partial charge in [0.25, 0.3) is 0 Å². The standard InChI is InChI=1S/C20H21N5O4S/c1-13(26)16-8-3-4-9-17(16)22-19(27)12-30-20-24-23-18(25(20)21)11-29-15-7-5-6-14(10-15)28-2/h3-10H,11-12,21H2,1-2H3,(H,22,27). The normalized spacial score (nSPS) is 10.5. The lowest BCUT2D eigenvalue weighted by atomic mass is 10.1. The Kier molecular flexibility index (Phi) is 6.91. The largest absolute Gasteiger partial charge is 0.497 e. The van der Waals surface area contributed by atoms with E-state index >= 15 is 0 Å². The van der Waals surface area contributed by atoms with E-state index in [1.165, 1.54) is 11.6 Å². The Balaban J connectivity index is 1.56. The van der Waals surface area contributed by atoms with Gasteiger partial charge in [-0.3, -0.25) is 9.59 Å². The van der Waals surface area contributed by atoms with Crippen LogP contribution in [0.4, 0.5) is 5.69 Å². The second-order valence-corrected chi connectivity index (χ2v) is 7.12. The predicted octanol–water partition coefficient (Wildman–Crippen LogP) is 2.51. The number of methoxy groups -OCH3 is 1. The number of nitrogen functional groups attached to an aromatic ring is 1. The van der Waals surface area contributed by atoms with Gasteiger partial charge in [-0.25, -0.2) is 4.68 Å². The molecule has 0 saturated carbocycles. The Morgan fingerprint density at radius 3 is 2.67 bits per heavy atom. The number of hydrogen-bond acceptors (Lipinski definition) is 8. The van der Waals surface area contributed by atoms with Crippen molar-refractivity contribution in [2.45, 2.75) is 18.7 Å². The number of carbonyl (C=O) groups excluding carboxylic acids is 2. The molecule has 3 rings (SSSR count). The van der Waals surface area contributed by atoms with Crippen molar-refractivity contribution in [2.24, 2.45) is 0 Å². The highest BCUT2D eigenvalue weighted by Crippen LogP contribution is 2.21. The summed E-state index contributed by atoms with van der Waals surface area (Å²) < 4.78 is 12.1. The van der Waals surface area contributed by atoms with E-state index in [9.17, 15) is 9.59 Å². The van der Waals surface area contributed by atoms with Gasteiger partial charge in [-0.2, -0.15) is 0 Å². The maximum absolute atomic E-state index is 12.3. The van der Waals surface area contributed by atoms with Crippen LogP contribution in [-0.2, 0) is 11.4 Å². The fourth-order valence-corrected chi connectivity index (χ4v) is 3.23. The number of aromatic nitrogens is 3. The van der Waals surface area contributed by atoms with Crippen molar-refractivity contribution >= 4 is 29.1 Å². The lowest BCUT2D eigenvalue weighted by molar-refractivity contribution is -0.113. The minimum atomic E-state index is -0.286. The highest BCUT2D eigenvalue weighted by molar-refractivity contribution is 7.99. The molecule has 0 bridgehead atoms. The smallest absolute Gasteiger partial charge is 0.234 e. The molecule has 0 fully saturated rings. The summed E-state index contributed by atoms with van der Waals surface area (Å²) in [5.74, 6) is 7.35. The number of carbonyl (C=O) groups is 2. The molecule has 0 aliphatic heterocycles. The zero-order valence-corrected chi connectivity index (χ0v) is 17.3. The van der Waals surface area contributed by atoms with Gasteiger partial charge in [0.1, 0.15) is 18.1 Å². The van der Waals surface area contributed by atoms with Gasteiger partial charge in [0, 0.05) is 11.6 Å². The number of Topliss-reactive ketones (excluding diaryl/α,β-unsaturated/α-hetero) is 1. The number of thioether (sulfide) groups is 1. The Hall–Kier alpha value is -3.53. The number of ether oxygens (including phenoxy) is 2. The molecule has 1 aromatic heterocycles. The lowest BCUT2D eigenvalue weighted by Crippen LogP contribution is -2.18. The zero-order valence-electron chi connectivity index (χ0n) is 16.5. The van der Waals surface area contributed by atoms with Crippen LogP contribution in [0.2, 0.25) is 0 Å². The van der Waals surface area contributed by atoms with Gasteiger partial charge < -0.3 is 20.6 Å². The van der Waals surface area contributed by atoms with Crippen molar-refractivity contribution in [1.82, 2.24) is 14.9 Å². The molecule has 2 aromatic carbocycles. The number of ketones is 1. The van der Waals surface area contributed by atoms with Crippen LogP contribution in [0.25, 0.3) is 0 Å². The van der Waals surface area contributed by atoms with E-state index in [1.54, 1.807) is 43.5 Å². The number of nitrogens with zero attached hydrogens (tertiary/aromatic N) is 3. The average molecular weight is 427 g/mol. The molecule has 1 amide bonds. The van der Waals surface area contributed by atoms with Crippen LogP contribution >= 0.6 is 11.8 Å². The molecule has 156 valence electrons. The summed E-state index contributed by atoms with van der Waals surface area (Å²) in [6.07, 6.45) is 0. The summed E-state index contributed by atoms with van der Waals surface area (Å²) in [4.78, 5) is 23.9. The van der Waals surface area contributed by atoms with Crippen LogP contribution in [0.15, 0.2) is 53.7 Å². The third kappa shape index (κ3) is 5.29. The second kappa shape index (κ2) is 9.79. The van der Waals surface area contributed by atoms with Gasteiger partial charge in [0.15, 0.2) is 11.6 Å². The molecule has 0 aliphatic carbocycles. The van der Waals surface area contributed by atoms with Crippen LogP contribution in [0, 0.1) is 0 Å². The molecule has 30 heavy (non-hydrogen) atoms. The van der Waals surface area contributed by atoms with Gasteiger partial charge in [-0.1, -0.05) is 30.0 Å². The van der Waals surface area contributed by atoms with E-state index in [1.807, 2.05) is 12.1 Å². The molecule has 9 nitrogen and oxygen atoms in total. The molecular weight excluding hydrogens is 406 g/mol. The number of amides is 1. The lowest BCUT2D eigenvalue weighted by Gasteiger charge is -2.09. The zero-order chi connectivity index (χ0) is 21.5. The first-order valence-electron chi connectivity index (χ1n) is 8.96. The molecule has 3 N–H and O–H groups in total. The Labute approximate surface area is 177 Å². The third-order valence-electron chi connectivity index (χ3n) is 4.06. The molecule has 0 spiro atoms. The summed E-state index contributed by atoms with van der Waals surface area (Å²) in [7, 11) is 1.58. The summed E-state index contributed by atoms with van der Waals surface area (Å²) in [6, 6.07) is 14.0. The summed E-state index contributed by atoms with van der Waals surface area (Å²) in [5.41, 5.74) is 0.923. The molecular formula is C20H21N5O4S. The Bertz CT molecular complexity index is 1050. The number of hydrogen-bond donors (Lipinski definition) is 2. The van der Waals surface area contributed by atoms with Crippen molar-refractivity contribution in [3.63, 3.8) is 0 Å². The topological polar surface area (TPSA) is 121 Å². The SMILES string of the molecule is COc1cccc(OCc2nnc(SCC(=O)Nc3ccccc3C(C)=O)n2N)c1. The van der Waals surface area contributed by atoms with E-state index in [2.05, 4.69) is 15.5 Å².